The molecular weight excluding hydrogens is 507 g/mol. The lowest BCUT2D eigenvalue weighted by molar-refractivity contribution is -0.131. The molecule has 0 aliphatic carbocycles. The lowest BCUT2D eigenvalue weighted by atomic mass is 10.0. The van der Waals surface area contributed by atoms with Crippen molar-refractivity contribution in [1.82, 2.24) is 20.9 Å². The van der Waals surface area contributed by atoms with E-state index in [0.717, 1.165) is 28.6 Å². The van der Waals surface area contributed by atoms with Crippen molar-refractivity contribution >= 4 is 52.2 Å². The number of benzene rings is 2. The number of aromatic amines is 1. The van der Waals surface area contributed by atoms with Crippen molar-refractivity contribution in [2.45, 2.75) is 38.3 Å². The van der Waals surface area contributed by atoms with Gasteiger partial charge in [-0.15, -0.1) is 0 Å². The number of halogens is 1. The predicted molar refractivity (Wildman–Crippen MR) is 143 cm³/mol. The standard InChI is InChI=1S/C27H29FN6O5/c1-16(35)30-15-25(37)33-24(12-17-14-31-22-5-3-2-4-21(17)22)27(39)34-23(11-10-20(36)13-29)26(38)32-19-8-6-18(28)7-9-19/h2-9,13-14,23-24,29,31H,10-12,15H2,1H3,(H,30,35)(H,32,38)(H,33,37)(H,34,39)/t23-,24-/m0/s1. The van der Waals surface area contributed by atoms with Gasteiger partial charge in [-0.1, -0.05) is 18.2 Å². The molecule has 4 amide bonds. The summed E-state index contributed by atoms with van der Waals surface area (Å²) in [6, 6.07) is 10.1. The third kappa shape index (κ3) is 8.59. The Labute approximate surface area is 223 Å². The number of hydrogen-bond donors (Lipinski definition) is 6. The van der Waals surface area contributed by atoms with Crippen molar-refractivity contribution in [2.24, 2.45) is 0 Å². The van der Waals surface area contributed by atoms with Gasteiger partial charge in [-0.2, -0.15) is 0 Å². The second kappa shape index (κ2) is 13.6. The molecule has 0 saturated carbocycles. The summed E-state index contributed by atoms with van der Waals surface area (Å²) in [6.45, 7) is 0.901. The van der Waals surface area contributed by atoms with Crippen LogP contribution in [0.5, 0.6) is 0 Å². The summed E-state index contributed by atoms with van der Waals surface area (Å²) in [7, 11) is 0. The zero-order chi connectivity index (χ0) is 28.4. The van der Waals surface area contributed by atoms with E-state index in [2.05, 4.69) is 26.3 Å². The number of H-pyrrole nitrogens is 1. The van der Waals surface area contributed by atoms with E-state index in [-0.39, 0.29) is 31.5 Å². The Balaban J connectivity index is 1.82. The van der Waals surface area contributed by atoms with Crippen molar-refractivity contribution in [3.8, 4) is 0 Å². The quantitative estimate of drug-likeness (QED) is 0.182. The number of amides is 4. The summed E-state index contributed by atoms with van der Waals surface area (Å²) in [5, 5.41) is 18.1. The zero-order valence-corrected chi connectivity index (χ0v) is 21.2. The van der Waals surface area contributed by atoms with Gasteiger partial charge in [0.25, 0.3) is 0 Å². The fourth-order valence-electron chi connectivity index (χ4n) is 3.84. The predicted octanol–water partition coefficient (Wildman–Crippen LogP) is 1.59. The maximum absolute atomic E-state index is 13.4. The zero-order valence-electron chi connectivity index (χ0n) is 21.2. The van der Waals surface area contributed by atoms with Crippen LogP contribution in [0.15, 0.2) is 54.7 Å². The average molecular weight is 537 g/mol. The number of carbonyl (C=O) groups excluding carboxylic acids is 5. The Morgan fingerprint density at radius 2 is 1.69 bits per heavy atom. The van der Waals surface area contributed by atoms with E-state index in [9.17, 15) is 28.4 Å². The molecule has 39 heavy (non-hydrogen) atoms. The highest BCUT2D eigenvalue weighted by atomic mass is 19.1. The van der Waals surface area contributed by atoms with Crippen LogP contribution >= 0.6 is 0 Å². The van der Waals surface area contributed by atoms with Crippen LogP contribution in [0.2, 0.25) is 0 Å². The third-order valence-electron chi connectivity index (χ3n) is 5.83. The molecule has 1 aromatic heterocycles. The highest BCUT2D eigenvalue weighted by molar-refractivity contribution is 6.26. The summed E-state index contributed by atoms with van der Waals surface area (Å²) >= 11 is 0. The van der Waals surface area contributed by atoms with E-state index in [1.165, 1.54) is 19.1 Å². The van der Waals surface area contributed by atoms with Gasteiger partial charge < -0.3 is 31.7 Å². The van der Waals surface area contributed by atoms with Crippen LogP contribution in [0.4, 0.5) is 10.1 Å². The average Bonchev–Trinajstić information content (AvgIpc) is 3.33. The van der Waals surface area contributed by atoms with Crippen LogP contribution < -0.4 is 21.3 Å². The lowest BCUT2D eigenvalue weighted by Crippen LogP contribution is -2.54. The fraction of sp³-hybridized carbons (Fsp3) is 0.259. The maximum atomic E-state index is 13.4. The van der Waals surface area contributed by atoms with Crippen molar-refractivity contribution in [3.05, 3.63) is 66.1 Å². The highest BCUT2D eigenvalue weighted by Crippen LogP contribution is 2.19. The minimum atomic E-state index is -1.20. The molecule has 2 aromatic carbocycles. The van der Waals surface area contributed by atoms with Gasteiger partial charge in [0.1, 0.15) is 17.9 Å². The van der Waals surface area contributed by atoms with E-state index < -0.39 is 47.3 Å². The summed E-state index contributed by atoms with van der Waals surface area (Å²) < 4.78 is 13.3. The Bertz CT molecular complexity index is 1370. The van der Waals surface area contributed by atoms with Crippen molar-refractivity contribution in [3.63, 3.8) is 0 Å². The number of anilines is 1. The van der Waals surface area contributed by atoms with E-state index in [1.807, 2.05) is 24.3 Å². The minimum absolute atomic E-state index is 0.0629. The van der Waals surface area contributed by atoms with Crippen LogP contribution in [0.3, 0.4) is 0 Å². The summed E-state index contributed by atoms with van der Waals surface area (Å²) in [6.07, 6.45) is 2.10. The van der Waals surface area contributed by atoms with Crippen molar-refractivity contribution in [1.29, 1.82) is 5.41 Å². The monoisotopic (exact) mass is 536 g/mol. The third-order valence-corrected chi connectivity index (χ3v) is 5.83. The topological polar surface area (TPSA) is 173 Å². The maximum Gasteiger partial charge on any atom is 0.246 e. The number of nitrogens with one attached hydrogen (secondary N) is 6. The Hall–Kier alpha value is -4.87. The number of aromatic nitrogens is 1. The number of ketones is 1. The molecule has 3 aromatic rings. The van der Waals surface area contributed by atoms with E-state index in [4.69, 9.17) is 5.41 Å². The number of para-hydroxylation sites is 1. The largest absolute Gasteiger partial charge is 0.361 e. The van der Waals surface area contributed by atoms with E-state index >= 15 is 0 Å². The van der Waals surface area contributed by atoms with Gasteiger partial charge in [-0.25, -0.2) is 4.39 Å². The number of carbonyl (C=O) groups is 5. The Kier molecular flexibility index (Phi) is 10.0. The van der Waals surface area contributed by atoms with Crippen LogP contribution in [0.25, 0.3) is 10.9 Å². The first-order valence-electron chi connectivity index (χ1n) is 12.1. The molecule has 2 atom stereocenters. The van der Waals surface area contributed by atoms with Gasteiger partial charge in [0.15, 0.2) is 5.78 Å². The van der Waals surface area contributed by atoms with E-state index in [0.29, 0.717) is 6.21 Å². The molecule has 11 nitrogen and oxygen atoms in total. The first-order chi connectivity index (χ1) is 18.7. The van der Waals surface area contributed by atoms with Gasteiger partial charge in [0.05, 0.1) is 12.8 Å². The van der Waals surface area contributed by atoms with Crippen LogP contribution in [-0.4, -0.2) is 59.2 Å². The van der Waals surface area contributed by atoms with Crippen LogP contribution in [-0.2, 0) is 30.4 Å². The van der Waals surface area contributed by atoms with Gasteiger partial charge in [0, 0.05) is 42.6 Å². The molecule has 3 rings (SSSR count). The SMILES string of the molecule is CC(=O)NCC(=O)N[C@@H](Cc1c[nH]c2ccccc12)C(=O)N[C@@H](CCC(=O)C=N)C(=O)Nc1ccc(F)cc1. The van der Waals surface area contributed by atoms with Crippen LogP contribution in [0.1, 0.15) is 25.3 Å². The molecule has 0 aliphatic rings. The molecule has 0 bridgehead atoms. The number of rotatable bonds is 13. The van der Waals surface area contributed by atoms with Gasteiger partial charge >= 0.3 is 0 Å². The summed E-state index contributed by atoms with van der Waals surface area (Å²) in [5.74, 6) is -3.43. The number of Topliss-reactive ketones (excluding diaryl/α,β-unsaturated/α-hetero) is 1. The first-order valence-corrected chi connectivity index (χ1v) is 12.1. The molecule has 1 heterocycles. The van der Waals surface area contributed by atoms with Crippen molar-refractivity contribution in [2.75, 3.05) is 11.9 Å². The molecule has 204 valence electrons. The summed E-state index contributed by atoms with van der Waals surface area (Å²) in [5.41, 5.74) is 1.84. The molecule has 0 radical (unpaired) electrons. The second-order valence-corrected chi connectivity index (χ2v) is 8.80. The van der Waals surface area contributed by atoms with Gasteiger partial charge in [0.2, 0.25) is 23.6 Å². The van der Waals surface area contributed by atoms with Gasteiger partial charge in [-0.3, -0.25) is 24.0 Å². The van der Waals surface area contributed by atoms with Crippen LogP contribution in [0, 0.1) is 11.2 Å². The molecule has 0 spiro atoms. The molecule has 6 N–H and O–H groups in total. The number of fused-ring (bicyclic) bond motifs is 1. The minimum Gasteiger partial charge on any atom is -0.361 e. The molecule has 0 fully saturated rings. The second-order valence-electron chi connectivity index (χ2n) is 8.80. The van der Waals surface area contributed by atoms with Crippen molar-refractivity contribution < 1.29 is 28.4 Å². The first kappa shape index (κ1) is 28.7. The van der Waals surface area contributed by atoms with Gasteiger partial charge in [-0.05, 0) is 42.3 Å². The smallest absolute Gasteiger partial charge is 0.246 e. The van der Waals surface area contributed by atoms with E-state index in [1.54, 1.807) is 6.20 Å². The fourth-order valence-corrected chi connectivity index (χ4v) is 3.84. The normalized spacial score (nSPS) is 12.2. The Morgan fingerprint density at radius 1 is 0.974 bits per heavy atom. The molecule has 0 aliphatic heterocycles. The summed E-state index contributed by atoms with van der Waals surface area (Å²) in [4.78, 5) is 65.0. The molecule has 12 heteroatoms. The lowest BCUT2D eigenvalue weighted by Gasteiger charge is -2.23. The molecule has 0 unspecified atom stereocenters. The Morgan fingerprint density at radius 3 is 2.38 bits per heavy atom. The molecular formula is C27H29FN6O5. The highest BCUT2D eigenvalue weighted by Gasteiger charge is 2.28. The number of hydrogen-bond acceptors (Lipinski definition) is 6. The molecule has 0 saturated heterocycles.